The van der Waals surface area contributed by atoms with Crippen LogP contribution in [0.15, 0.2) is 0 Å². The van der Waals surface area contributed by atoms with Gasteiger partial charge in [0.15, 0.2) is 0 Å². The molecule has 1 aliphatic heterocycles. The van der Waals surface area contributed by atoms with Crippen molar-refractivity contribution >= 4 is 5.97 Å². The number of hydrogen-bond donors (Lipinski definition) is 1. The third-order valence-corrected chi connectivity index (χ3v) is 3.60. The van der Waals surface area contributed by atoms with E-state index in [0.29, 0.717) is 0 Å². The topological polar surface area (TPSA) is 41.6 Å². The Morgan fingerprint density at radius 2 is 1.94 bits per heavy atom. The molecule has 1 heterocycles. The van der Waals surface area contributed by atoms with Crippen LogP contribution in [-0.2, 0) is 9.63 Å². The summed E-state index contributed by atoms with van der Waals surface area (Å²) in [6, 6.07) is 0. The van der Waals surface area contributed by atoms with Gasteiger partial charge in [0.05, 0.1) is 11.0 Å². The zero-order valence-corrected chi connectivity index (χ0v) is 11.8. The van der Waals surface area contributed by atoms with Gasteiger partial charge in [-0.15, -0.1) is 5.06 Å². The zero-order chi connectivity index (χ0) is 13.1. The van der Waals surface area contributed by atoms with Crippen LogP contribution in [0.5, 0.6) is 0 Å². The van der Waals surface area contributed by atoms with Gasteiger partial charge in [0, 0.05) is 19.6 Å². The van der Waals surface area contributed by atoms with E-state index in [-0.39, 0.29) is 11.5 Å². The van der Waals surface area contributed by atoms with Crippen LogP contribution in [-0.4, -0.2) is 36.2 Å². The minimum atomic E-state index is -0.446. The van der Waals surface area contributed by atoms with Gasteiger partial charge in [-0.3, -0.25) is 0 Å². The summed E-state index contributed by atoms with van der Waals surface area (Å²) < 4.78 is 0. The molecule has 0 aliphatic carbocycles. The first-order chi connectivity index (χ1) is 7.85. The Morgan fingerprint density at radius 3 is 2.41 bits per heavy atom. The first-order valence-electron chi connectivity index (χ1n) is 6.56. The average Bonchev–Trinajstić information content (AvgIpc) is 2.29. The second kappa shape index (κ2) is 5.36. The molecule has 0 amide bonds. The van der Waals surface area contributed by atoms with E-state index in [2.05, 4.69) is 19.2 Å². The van der Waals surface area contributed by atoms with Crippen LogP contribution in [0, 0.1) is 5.41 Å². The molecular formula is C13H26N2O2. The molecular weight excluding hydrogens is 216 g/mol. The second-order valence-corrected chi connectivity index (χ2v) is 5.84. The Hall–Kier alpha value is -0.610. The van der Waals surface area contributed by atoms with E-state index < -0.39 is 5.41 Å². The predicted octanol–water partition coefficient (Wildman–Crippen LogP) is 1.95. The van der Waals surface area contributed by atoms with Gasteiger partial charge in [-0.2, -0.15) is 0 Å². The molecule has 0 aromatic heterocycles. The number of carbonyl (C=O) groups excluding carboxylic acids is 1. The quantitative estimate of drug-likeness (QED) is 0.821. The van der Waals surface area contributed by atoms with Gasteiger partial charge in [0.1, 0.15) is 0 Å². The minimum Gasteiger partial charge on any atom is -0.367 e. The van der Waals surface area contributed by atoms with Crippen molar-refractivity contribution in [3.63, 3.8) is 0 Å². The van der Waals surface area contributed by atoms with Crippen molar-refractivity contribution < 1.29 is 9.63 Å². The molecule has 4 heteroatoms. The van der Waals surface area contributed by atoms with Crippen molar-refractivity contribution in [2.45, 2.75) is 53.0 Å². The Balaban J connectivity index is 2.76. The molecule has 0 saturated carbocycles. The van der Waals surface area contributed by atoms with E-state index in [9.17, 15) is 4.79 Å². The van der Waals surface area contributed by atoms with Crippen LogP contribution in [0.25, 0.3) is 0 Å². The minimum absolute atomic E-state index is 0.0425. The van der Waals surface area contributed by atoms with Gasteiger partial charge in [-0.05, 0) is 33.6 Å². The maximum Gasteiger partial charge on any atom is 0.330 e. The van der Waals surface area contributed by atoms with Gasteiger partial charge in [-0.25, -0.2) is 4.79 Å². The molecule has 100 valence electrons. The molecule has 0 aromatic rings. The van der Waals surface area contributed by atoms with Crippen molar-refractivity contribution in [2.75, 3.05) is 19.6 Å². The lowest BCUT2D eigenvalue weighted by Gasteiger charge is -2.45. The molecule has 0 unspecified atom stereocenters. The Kier molecular flexibility index (Phi) is 4.55. The number of hydrogen-bond acceptors (Lipinski definition) is 4. The number of nitrogens with one attached hydrogen (secondary N) is 1. The largest absolute Gasteiger partial charge is 0.367 e. The average molecular weight is 242 g/mol. The van der Waals surface area contributed by atoms with Crippen molar-refractivity contribution in [3.8, 4) is 0 Å². The SMILES string of the molecule is CCC1(CC)CNCCN1OC(=O)C(C)(C)C. The molecule has 0 bridgehead atoms. The van der Waals surface area contributed by atoms with Gasteiger partial charge < -0.3 is 10.2 Å². The summed E-state index contributed by atoms with van der Waals surface area (Å²) in [5, 5.41) is 5.29. The van der Waals surface area contributed by atoms with E-state index >= 15 is 0 Å². The lowest BCUT2D eigenvalue weighted by atomic mass is 9.90. The lowest BCUT2D eigenvalue weighted by molar-refractivity contribution is -0.237. The first kappa shape index (κ1) is 14.5. The summed E-state index contributed by atoms with van der Waals surface area (Å²) in [5.74, 6) is -0.148. The molecule has 4 nitrogen and oxygen atoms in total. The van der Waals surface area contributed by atoms with Crippen LogP contribution in [0.4, 0.5) is 0 Å². The fourth-order valence-corrected chi connectivity index (χ4v) is 2.06. The lowest BCUT2D eigenvalue weighted by Crippen LogP contribution is -2.61. The van der Waals surface area contributed by atoms with E-state index in [0.717, 1.165) is 32.5 Å². The highest BCUT2D eigenvalue weighted by atomic mass is 16.7. The fraction of sp³-hybridized carbons (Fsp3) is 0.923. The van der Waals surface area contributed by atoms with Gasteiger partial charge in [-0.1, -0.05) is 13.8 Å². The van der Waals surface area contributed by atoms with Crippen LogP contribution < -0.4 is 5.32 Å². The van der Waals surface area contributed by atoms with Crippen LogP contribution in [0.1, 0.15) is 47.5 Å². The van der Waals surface area contributed by atoms with E-state index in [1.54, 1.807) is 0 Å². The van der Waals surface area contributed by atoms with Crippen molar-refractivity contribution in [1.29, 1.82) is 0 Å². The highest BCUT2D eigenvalue weighted by Crippen LogP contribution is 2.27. The maximum atomic E-state index is 12.0. The molecule has 1 saturated heterocycles. The summed E-state index contributed by atoms with van der Waals surface area (Å²) in [6.07, 6.45) is 1.96. The van der Waals surface area contributed by atoms with Crippen molar-refractivity contribution in [2.24, 2.45) is 5.41 Å². The monoisotopic (exact) mass is 242 g/mol. The van der Waals surface area contributed by atoms with Gasteiger partial charge in [0.2, 0.25) is 0 Å². The molecule has 1 rings (SSSR count). The van der Waals surface area contributed by atoms with Crippen LogP contribution >= 0.6 is 0 Å². The summed E-state index contributed by atoms with van der Waals surface area (Å²) >= 11 is 0. The molecule has 0 radical (unpaired) electrons. The number of hydroxylamine groups is 2. The molecule has 0 spiro atoms. The third kappa shape index (κ3) is 3.19. The van der Waals surface area contributed by atoms with Crippen LogP contribution in [0.3, 0.4) is 0 Å². The number of carbonyl (C=O) groups is 1. The standard InChI is InChI=1S/C13H26N2O2/c1-6-13(7-2)10-14-8-9-15(13)17-11(16)12(3,4)5/h14H,6-10H2,1-5H3. The Morgan fingerprint density at radius 1 is 1.35 bits per heavy atom. The normalized spacial score (nSPS) is 21.2. The highest BCUT2D eigenvalue weighted by Gasteiger charge is 2.40. The van der Waals surface area contributed by atoms with Gasteiger partial charge >= 0.3 is 5.97 Å². The maximum absolute atomic E-state index is 12.0. The molecule has 1 fully saturated rings. The van der Waals surface area contributed by atoms with Crippen molar-refractivity contribution in [3.05, 3.63) is 0 Å². The first-order valence-corrected chi connectivity index (χ1v) is 6.56. The van der Waals surface area contributed by atoms with E-state index in [4.69, 9.17) is 4.84 Å². The smallest absolute Gasteiger partial charge is 0.330 e. The second-order valence-electron chi connectivity index (χ2n) is 5.84. The van der Waals surface area contributed by atoms with E-state index in [1.165, 1.54) is 0 Å². The summed E-state index contributed by atoms with van der Waals surface area (Å²) in [4.78, 5) is 17.6. The fourth-order valence-electron chi connectivity index (χ4n) is 2.06. The van der Waals surface area contributed by atoms with E-state index in [1.807, 2.05) is 25.8 Å². The highest BCUT2D eigenvalue weighted by molar-refractivity contribution is 5.75. The molecule has 0 atom stereocenters. The summed E-state index contributed by atoms with van der Waals surface area (Å²) in [5.41, 5.74) is -0.489. The number of rotatable bonds is 3. The van der Waals surface area contributed by atoms with Gasteiger partial charge in [0.25, 0.3) is 0 Å². The Bertz CT molecular complexity index is 267. The summed E-state index contributed by atoms with van der Waals surface area (Å²) in [6.45, 7) is 12.5. The zero-order valence-electron chi connectivity index (χ0n) is 11.8. The molecule has 1 N–H and O–H groups in total. The molecule has 17 heavy (non-hydrogen) atoms. The predicted molar refractivity (Wildman–Crippen MR) is 68.4 cm³/mol. The number of piperazine rings is 1. The molecule has 0 aromatic carbocycles. The Labute approximate surface area is 105 Å². The summed E-state index contributed by atoms with van der Waals surface area (Å²) in [7, 11) is 0. The van der Waals surface area contributed by atoms with Crippen molar-refractivity contribution in [1.82, 2.24) is 10.4 Å². The third-order valence-electron chi connectivity index (χ3n) is 3.60. The van der Waals surface area contributed by atoms with Crippen LogP contribution in [0.2, 0.25) is 0 Å². The number of nitrogens with zero attached hydrogens (tertiary/aromatic N) is 1. The molecule has 1 aliphatic rings.